The number of aromatic amines is 1. The van der Waals surface area contributed by atoms with Crippen LogP contribution < -0.4 is 4.72 Å². The largest absolute Gasteiger partial charge is 0.266 e. The second kappa shape index (κ2) is 4.10. The molecule has 5 nitrogen and oxygen atoms in total. The number of hydrogen-bond acceptors (Lipinski definition) is 3. The topological polar surface area (TPSA) is 74.8 Å². The highest BCUT2D eigenvalue weighted by Crippen LogP contribution is 2.48. The van der Waals surface area contributed by atoms with Crippen LogP contribution in [0.3, 0.4) is 0 Å². The zero-order valence-corrected chi connectivity index (χ0v) is 10.4. The lowest BCUT2D eigenvalue weighted by Crippen LogP contribution is -2.31. The monoisotopic (exact) mass is 255 g/mol. The van der Waals surface area contributed by atoms with Gasteiger partial charge in [-0.1, -0.05) is 0 Å². The van der Waals surface area contributed by atoms with Gasteiger partial charge in [-0.05, 0) is 49.5 Å². The highest BCUT2D eigenvalue weighted by atomic mass is 32.2. The molecule has 2 aliphatic carbocycles. The summed E-state index contributed by atoms with van der Waals surface area (Å²) in [4.78, 5) is 0. The highest BCUT2D eigenvalue weighted by molar-refractivity contribution is 7.89. The Morgan fingerprint density at radius 2 is 2.00 bits per heavy atom. The number of sulfonamides is 1. The van der Waals surface area contributed by atoms with Crippen LogP contribution >= 0.6 is 0 Å². The normalized spacial score (nSPS) is 21.0. The quantitative estimate of drug-likeness (QED) is 0.800. The maximum atomic E-state index is 11.9. The van der Waals surface area contributed by atoms with E-state index in [9.17, 15) is 8.42 Å². The number of nitrogens with one attached hydrogen (secondary N) is 2. The Balaban J connectivity index is 1.63. The molecule has 0 aromatic carbocycles. The summed E-state index contributed by atoms with van der Waals surface area (Å²) < 4.78 is 26.5. The van der Waals surface area contributed by atoms with Gasteiger partial charge >= 0.3 is 0 Å². The van der Waals surface area contributed by atoms with E-state index in [2.05, 4.69) is 14.9 Å². The second-order valence-corrected chi connectivity index (χ2v) is 6.85. The van der Waals surface area contributed by atoms with Crippen LogP contribution in [-0.4, -0.2) is 25.2 Å². The third-order valence-corrected chi connectivity index (χ3v) is 5.08. The molecule has 2 N–H and O–H groups in total. The van der Waals surface area contributed by atoms with Gasteiger partial charge in [-0.25, -0.2) is 13.1 Å². The van der Waals surface area contributed by atoms with Crippen molar-refractivity contribution in [3.05, 3.63) is 12.3 Å². The SMILES string of the molecule is O=S(=O)(NCC(C1CC1)C1CC1)c1ccn[nH]1. The smallest absolute Gasteiger partial charge is 0.257 e. The number of rotatable bonds is 6. The number of hydrogen-bond donors (Lipinski definition) is 2. The molecule has 1 aromatic heterocycles. The van der Waals surface area contributed by atoms with E-state index in [0.717, 1.165) is 11.8 Å². The molecule has 0 aliphatic heterocycles. The molecule has 0 amide bonds. The van der Waals surface area contributed by atoms with Crippen molar-refractivity contribution in [2.75, 3.05) is 6.54 Å². The molecule has 0 radical (unpaired) electrons. The number of aromatic nitrogens is 2. The molecule has 2 saturated carbocycles. The van der Waals surface area contributed by atoms with Gasteiger partial charge in [-0.3, -0.25) is 5.10 Å². The maximum absolute atomic E-state index is 11.9. The molecule has 0 spiro atoms. The van der Waals surface area contributed by atoms with E-state index in [1.807, 2.05) is 0 Å². The van der Waals surface area contributed by atoms with Crippen LogP contribution in [0.5, 0.6) is 0 Å². The average molecular weight is 255 g/mol. The summed E-state index contributed by atoms with van der Waals surface area (Å²) >= 11 is 0. The summed E-state index contributed by atoms with van der Waals surface area (Å²) in [6, 6.07) is 1.48. The van der Waals surface area contributed by atoms with E-state index >= 15 is 0 Å². The molecule has 2 fully saturated rings. The van der Waals surface area contributed by atoms with Crippen molar-refractivity contribution in [3.63, 3.8) is 0 Å². The van der Waals surface area contributed by atoms with Crippen LogP contribution in [0.2, 0.25) is 0 Å². The lowest BCUT2D eigenvalue weighted by molar-refractivity contribution is 0.401. The lowest BCUT2D eigenvalue weighted by Gasteiger charge is -2.15. The second-order valence-electron chi connectivity index (χ2n) is 5.11. The van der Waals surface area contributed by atoms with E-state index in [0.29, 0.717) is 12.5 Å². The van der Waals surface area contributed by atoms with Crippen LogP contribution in [0.15, 0.2) is 17.3 Å². The van der Waals surface area contributed by atoms with Crippen molar-refractivity contribution in [2.24, 2.45) is 17.8 Å². The standard InChI is InChI=1S/C11H17N3O2S/c15-17(16,11-5-6-12-14-11)13-7-10(8-1-2-8)9-3-4-9/h5-6,8-10,13H,1-4,7H2,(H,12,14). The Bertz CT molecular complexity index is 463. The predicted molar refractivity (Wildman–Crippen MR) is 62.7 cm³/mol. The average Bonchev–Trinajstić information content (AvgIpc) is 3.21. The molecule has 6 heteroatoms. The zero-order valence-electron chi connectivity index (χ0n) is 9.59. The fourth-order valence-electron chi connectivity index (χ4n) is 2.44. The van der Waals surface area contributed by atoms with Crippen molar-refractivity contribution in [1.82, 2.24) is 14.9 Å². The molecule has 3 rings (SSSR count). The minimum Gasteiger partial charge on any atom is -0.266 e. The van der Waals surface area contributed by atoms with Crippen LogP contribution in [0.1, 0.15) is 25.7 Å². The molecule has 0 bridgehead atoms. The molecular weight excluding hydrogens is 238 g/mol. The summed E-state index contributed by atoms with van der Waals surface area (Å²) in [7, 11) is -3.39. The first-order chi connectivity index (χ1) is 8.17. The van der Waals surface area contributed by atoms with Gasteiger partial charge in [0.05, 0.1) is 6.20 Å². The van der Waals surface area contributed by atoms with Crippen molar-refractivity contribution in [1.29, 1.82) is 0 Å². The Hall–Kier alpha value is -0.880. The minimum atomic E-state index is -3.39. The summed E-state index contributed by atoms with van der Waals surface area (Å²) in [6.07, 6.45) is 6.54. The lowest BCUT2D eigenvalue weighted by atomic mass is 9.99. The van der Waals surface area contributed by atoms with E-state index in [-0.39, 0.29) is 5.03 Å². The van der Waals surface area contributed by atoms with Crippen LogP contribution in [0, 0.1) is 17.8 Å². The third-order valence-electron chi connectivity index (χ3n) is 3.73. The van der Waals surface area contributed by atoms with Gasteiger partial charge in [0.2, 0.25) is 0 Å². The number of H-pyrrole nitrogens is 1. The molecule has 1 heterocycles. The van der Waals surface area contributed by atoms with E-state index in [1.165, 1.54) is 37.9 Å². The zero-order chi connectivity index (χ0) is 11.9. The van der Waals surface area contributed by atoms with Crippen molar-refractivity contribution in [3.8, 4) is 0 Å². The predicted octanol–water partition coefficient (Wildman–Crippen LogP) is 1.12. The van der Waals surface area contributed by atoms with E-state index < -0.39 is 10.0 Å². The Kier molecular flexibility index (Phi) is 2.71. The van der Waals surface area contributed by atoms with Gasteiger partial charge in [0.15, 0.2) is 5.03 Å². The summed E-state index contributed by atoms with van der Waals surface area (Å²) in [5.74, 6) is 2.06. The Labute approximate surface area is 101 Å². The first-order valence-electron chi connectivity index (χ1n) is 6.16. The summed E-state index contributed by atoms with van der Waals surface area (Å²) in [6.45, 7) is 0.580. The molecule has 94 valence electrons. The van der Waals surface area contributed by atoms with Crippen molar-refractivity contribution >= 4 is 10.0 Å². The van der Waals surface area contributed by atoms with E-state index in [1.54, 1.807) is 0 Å². The Morgan fingerprint density at radius 1 is 1.35 bits per heavy atom. The van der Waals surface area contributed by atoms with Gasteiger partial charge < -0.3 is 0 Å². The first-order valence-corrected chi connectivity index (χ1v) is 7.64. The summed E-state index contributed by atoms with van der Waals surface area (Å²) in [5, 5.41) is 6.31. The van der Waals surface area contributed by atoms with Crippen LogP contribution in [0.25, 0.3) is 0 Å². The van der Waals surface area contributed by atoms with Crippen molar-refractivity contribution < 1.29 is 8.42 Å². The molecule has 17 heavy (non-hydrogen) atoms. The molecule has 1 aromatic rings. The van der Waals surface area contributed by atoms with Gasteiger partial charge in [0.25, 0.3) is 10.0 Å². The first kappa shape index (κ1) is 11.2. The molecule has 0 saturated heterocycles. The van der Waals surface area contributed by atoms with Gasteiger partial charge in [0.1, 0.15) is 0 Å². The highest BCUT2D eigenvalue weighted by Gasteiger charge is 2.41. The molecular formula is C11H17N3O2S. The fraction of sp³-hybridized carbons (Fsp3) is 0.727. The van der Waals surface area contributed by atoms with Crippen LogP contribution in [-0.2, 0) is 10.0 Å². The van der Waals surface area contributed by atoms with Gasteiger partial charge in [0, 0.05) is 6.54 Å². The fourth-order valence-corrected chi connectivity index (χ4v) is 3.42. The molecule has 0 atom stereocenters. The van der Waals surface area contributed by atoms with Crippen LogP contribution in [0.4, 0.5) is 0 Å². The van der Waals surface area contributed by atoms with Crippen molar-refractivity contribution in [2.45, 2.75) is 30.7 Å². The molecule has 2 aliphatic rings. The van der Waals surface area contributed by atoms with E-state index in [4.69, 9.17) is 0 Å². The maximum Gasteiger partial charge on any atom is 0.257 e. The minimum absolute atomic E-state index is 0.155. The van der Waals surface area contributed by atoms with Gasteiger partial charge in [-0.15, -0.1) is 0 Å². The summed E-state index contributed by atoms with van der Waals surface area (Å²) in [5.41, 5.74) is 0. The number of nitrogens with zero attached hydrogens (tertiary/aromatic N) is 1. The van der Waals surface area contributed by atoms with Gasteiger partial charge in [-0.2, -0.15) is 5.10 Å². The Morgan fingerprint density at radius 3 is 2.47 bits per heavy atom. The third kappa shape index (κ3) is 2.52. The molecule has 0 unspecified atom stereocenters.